The zero-order valence-electron chi connectivity index (χ0n) is 34.8. The van der Waals surface area contributed by atoms with E-state index in [4.69, 9.17) is 19.5 Å². The zero-order valence-corrected chi connectivity index (χ0v) is 35.6. The molecule has 4 heterocycles. The van der Waals surface area contributed by atoms with Crippen molar-refractivity contribution in [3.05, 3.63) is 84.2 Å². The van der Waals surface area contributed by atoms with Gasteiger partial charge in [-0.1, -0.05) is 88.4 Å². The molecule has 2 aromatic rings. The largest absolute Gasteiger partial charge is 0.453 e. The van der Waals surface area contributed by atoms with Crippen LogP contribution in [0.4, 0.5) is 9.59 Å². The quantitative estimate of drug-likeness (QED) is 0.258. The highest BCUT2D eigenvalue weighted by Crippen LogP contribution is 2.36. The number of sulfonamides is 1. The van der Waals surface area contributed by atoms with E-state index in [0.717, 1.165) is 39.1 Å². The van der Waals surface area contributed by atoms with Crippen LogP contribution in [0.3, 0.4) is 0 Å². The van der Waals surface area contributed by atoms with Gasteiger partial charge in [0, 0.05) is 49.8 Å². The van der Waals surface area contributed by atoms with Crippen molar-refractivity contribution in [1.82, 2.24) is 24.7 Å². The Morgan fingerprint density at radius 2 is 1.17 bits per heavy atom. The number of carbonyl (C=O) groups excluding carboxylic acids is 4. The van der Waals surface area contributed by atoms with Gasteiger partial charge in [0.15, 0.2) is 0 Å². The average Bonchev–Trinajstić information content (AvgIpc) is 3.65. The number of allylic oxidation sites excluding steroid dienone is 2. The Balaban J connectivity index is 0.980. The monoisotopic (exact) mass is 839 g/mol. The second kappa shape index (κ2) is 17.5. The van der Waals surface area contributed by atoms with Crippen LogP contribution in [-0.2, 0) is 29.1 Å². The van der Waals surface area contributed by atoms with Crippen LogP contribution >= 0.6 is 0 Å². The third-order valence-corrected chi connectivity index (χ3v) is 14.1. The fourth-order valence-electron chi connectivity index (χ4n) is 8.07. The van der Waals surface area contributed by atoms with E-state index in [2.05, 4.69) is 47.0 Å². The molecule has 5 aliphatic rings. The molecule has 7 rings (SSSR count). The molecule has 318 valence electrons. The molecule has 1 saturated heterocycles. The standard InChI is InChI=1S/C44H53N7O8S/c1-26(2)39(47-43(54)58-5)41(52)50-19-7-8-37(50)35-20-32(22-45-35)30-13-9-28(10-14-30)29-11-15-31(16-12-29)33-21-36(46-23-33)38-24-49(60(56,57)34-17-18-34)25-51(38)42(53)40(27(3)4)48-44(55)59-6/h7-16,22-23,26-27,34,37-40H,17-21,24-25H2,1-6H3,(H,47,54)(H,48,55)/t37-,38-,39-,40-/m0/s1. The average molecular weight is 840 g/mol. The fraction of sp³-hybridized carbons (Fsp3) is 0.455. The molecular formula is C44H53N7O8S. The maximum atomic E-state index is 14.0. The molecule has 0 bridgehead atoms. The van der Waals surface area contributed by atoms with Crippen LogP contribution in [0.25, 0.3) is 22.3 Å². The van der Waals surface area contributed by atoms with Crippen molar-refractivity contribution >= 4 is 56.6 Å². The molecule has 0 spiro atoms. The Labute approximate surface area is 351 Å². The lowest BCUT2D eigenvalue weighted by molar-refractivity contribution is -0.135. The first-order valence-electron chi connectivity index (χ1n) is 20.4. The Morgan fingerprint density at radius 1 is 0.700 bits per heavy atom. The number of hydrogen-bond donors (Lipinski definition) is 2. The van der Waals surface area contributed by atoms with E-state index in [0.29, 0.717) is 37.9 Å². The molecule has 0 unspecified atom stereocenters. The number of nitrogens with one attached hydrogen (secondary N) is 2. The van der Waals surface area contributed by atoms with Crippen LogP contribution in [0, 0.1) is 11.8 Å². The second-order valence-electron chi connectivity index (χ2n) is 16.5. The first-order valence-corrected chi connectivity index (χ1v) is 21.9. The van der Waals surface area contributed by atoms with Gasteiger partial charge >= 0.3 is 12.2 Å². The highest BCUT2D eigenvalue weighted by Gasteiger charge is 2.49. The predicted molar refractivity (Wildman–Crippen MR) is 229 cm³/mol. The molecular weight excluding hydrogens is 787 g/mol. The van der Waals surface area contributed by atoms with Crippen molar-refractivity contribution in [3.63, 3.8) is 0 Å². The van der Waals surface area contributed by atoms with Gasteiger partial charge in [-0.05, 0) is 58.1 Å². The molecule has 15 nitrogen and oxygen atoms in total. The minimum absolute atomic E-state index is 0.102. The molecule has 2 N–H and O–H groups in total. The van der Waals surface area contributed by atoms with E-state index in [1.807, 2.05) is 58.2 Å². The molecule has 0 radical (unpaired) electrons. The second-order valence-corrected chi connectivity index (χ2v) is 18.7. The van der Waals surface area contributed by atoms with E-state index in [1.165, 1.54) is 23.4 Å². The van der Waals surface area contributed by atoms with E-state index >= 15 is 0 Å². The summed E-state index contributed by atoms with van der Waals surface area (Å²) in [5.74, 6) is -0.959. The van der Waals surface area contributed by atoms with Crippen LogP contribution in [0.2, 0.25) is 0 Å². The summed E-state index contributed by atoms with van der Waals surface area (Å²) in [7, 11) is -1.06. The molecule has 1 saturated carbocycles. The molecule has 2 fully saturated rings. The normalized spacial score (nSPS) is 21.4. The van der Waals surface area contributed by atoms with Crippen molar-refractivity contribution in [2.24, 2.45) is 21.8 Å². The maximum Gasteiger partial charge on any atom is 0.407 e. The number of carbonyl (C=O) groups is 4. The van der Waals surface area contributed by atoms with Gasteiger partial charge < -0.3 is 29.9 Å². The lowest BCUT2D eigenvalue weighted by atomic mass is 9.95. The number of amides is 4. The summed E-state index contributed by atoms with van der Waals surface area (Å²) < 4.78 is 37.6. The van der Waals surface area contributed by atoms with Crippen molar-refractivity contribution in [3.8, 4) is 11.1 Å². The number of ether oxygens (including phenoxy) is 2. The van der Waals surface area contributed by atoms with Gasteiger partial charge in [-0.25, -0.2) is 18.0 Å². The first kappa shape index (κ1) is 42.5. The molecule has 0 aromatic heterocycles. The summed E-state index contributed by atoms with van der Waals surface area (Å²) in [6.07, 6.45) is 8.47. The SMILES string of the molecule is COC(=O)N[C@H](C(=O)N1CC=C[C@H]1C1=NC=C(c2ccc(-c3ccc(C4=CN=C([C@@H]5CN(S(=O)(=O)C6CC6)CN5C(=O)[C@@H](NC(=O)OC)C(C)C)C4)cc3)cc2)C1)C(C)C. The zero-order chi connectivity index (χ0) is 42.9. The van der Waals surface area contributed by atoms with Crippen molar-refractivity contribution in [2.75, 3.05) is 34.0 Å². The lowest BCUT2D eigenvalue weighted by Gasteiger charge is -2.31. The van der Waals surface area contributed by atoms with Gasteiger partial charge in [-0.15, -0.1) is 0 Å². The van der Waals surface area contributed by atoms with Gasteiger partial charge in [-0.2, -0.15) is 4.31 Å². The van der Waals surface area contributed by atoms with Crippen molar-refractivity contribution in [1.29, 1.82) is 0 Å². The van der Waals surface area contributed by atoms with Gasteiger partial charge in [0.25, 0.3) is 0 Å². The number of rotatable bonds is 13. The molecule has 2 aromatic carbocycles. The van der Waals surface area contributed by atoms with Crippen LogP contribution in [0.15, 0.2) is 83.1 Å². The van der Waals surface area contributed by atoms with E-state index < -0.39 is 45.6 Å². The summed E-state index contributed by atoms with van der Waals surface area (Å²) in [5.41, 5.74) is 7.62. The Bertz CT molecular complexity index is 2280. The number of benzene rings is 2. The topological polar surface area (TPSA) is 179 Å². The molecule has 1 aliphatic carbocycles. The maximum absolute atomic E-state index is 14.0. The predicted octanol–water partition coefficient (Wildman–Crippen LogP) is 5.22. The number of hydrogen-bond acceptors (Lipinski definition) is 10. The van der Waals surface area contributed by atoms with Crippen LogP contribution < -0.4 is 10.6 Å². The first-order chi connectivity index (χ1) is 28.7. The fourth-order valence-corrected chi connectivity index (χ4v) is 9.86. The summed E-state index contributed by atoms with van der Waals surface area (Å²) >= 11 is 0. The minimum atomic E-state index is -3.58. The third kappa shape index (κ3) is 8.80. The van der Waals surface area contributed by atoms with Crippen LogP contribution in [-0.4, -0.2) is 121 Å². The van der Waals surface area contributed by atoms with E-state index in [-0.39, 0.29) is 42.9 Å². The summed E-state index contributed by atoms with van der Waals surface area (Å²) in [4.78, 5) is 64.4. The summed E-state index contributed by atoms with van der Waals surface area (Å²) in [5, 5.41) is 4.89. The lowest BCUT2D eigenvalue weighted by Crippen LogP contribution is -2.54. The van der Waals surface area contributed by atoms with Crippen molar-refractivity contribution in [2.45, 2.75) is 82.8 Å². The van der Waals surface area contributed by atoms with Crippen molar-refractivity contribution < 1.29 is 37.1 Å². The number of aliphatic imine (C=N–C) groups is 2. The minimum Gasteiger partial charge on any atom is -0.453 e. The van der Waals surface area contributed by atoms with Gasteiger partial charge in [0.2, 0.25) is 21.8 Å². The Hall–Kier alpha value is -5.61. The van der Waals surface area contributed by atoms with E-state index in [9.17, 15) is 27.6 Å². The number of methoxy groups -OCH3 is 2. The van der Waals surface area contributed by atoms with Crippen LogP contribution in [0.5, 0.6) is 0 Å². The molecule has 16 heteroatoms. The highest BCUT2D eigenvalue weighted by molar-refractivity contribution is 7.90. The third-order valence-electron chi connectivity index (χ3n) is 11.8. The molecule has 60 heavy (non-hydrogen) atoms. The van der Waals surface area contributed by atoms with Gasteiger partial charge in [0.05, 0.1) is 38.2 Å². The van der Waals surface area contributed by atoms with E-state index in [1.54, 1.807) is 11.1 Å². The smallest absolute Gasteiger partial charge is 0.407 e. The van der Waals surface area contributed by atoms with Crippen LogP contribution in [0.1, 0.15) is 64.5 Å². The molecule has 4 aliphatic heterocycles. The molecule has 4 amide bonds. The summed E-state index contributed by atoms with van der Waals surface area (Å²) in [6.45, 7) is 7.85. The number of alkyl carbamates (subject to hydrolysis) is 2. The Morgan fingerprint density at radius 3 is 1.65 bits per heavy atom. The van der Waals surface area contributed by atoms with Gasteiger partial charge in [0.1, 0.15) is 12.1 Å². The summed E-state index contributed by atoms with van der Waals surface area (Å²) in [6, 6.07) is 14.0. The number of nitrogens with zero attached hydrogens (tertiary/aromatic N) is 5. The highest BCUT2D eigenvalue weighted by atomic mass is 32.2. The Kier molecular flexibility index (Phi) is 12.4. The van der Waals surface area contributed by atoms with Gasteiger partial charge in [-0.3, -0.25) is 19.6 Å². The molecule has 4 atom stereocenters.